The second-order valence-electron chi connectivity index (χ2n) is 10.1. The maximum atomic E-state index is 13.7. The molecule has 4 aromatic rings. The lowest BCUT2D eigenvalue weighted by molar-refractivity contribution is -0.113. The maximum Gasteiger partial charge on any atom is 0.302 e. The minimum absolute atomic E-state index is 0.0991. The number of guanidine groups is 1. The number of pyridine rings is 1. The molecule has 1 unspecified atom stereocenters. The molecule has 2 aromatic heterocycles. The van der Waals surface area contributed by atoms with Crippen LogP contribution in [0.3, 0.4) is 0 Å². The summed E-state index contributed by atoms with van der Waals surface area (Å²) in [6.45, 7) is 5.11. The fourth-order valence-corrected chi connectivity index (χ4v) is 5.40. The predicted octanol–water partition coefficient (Wildman–Crippen LogP) is 5.84. The highest BCUT2D eigenvalue weighted by Gasteiger charge is 2.32. The van der Waals surface area contributed by atoms with Gasteiger partial charge < -0.3 is 20.0 Å². The van der Waals surface area contributed by atoms with Crippen molar-refractivity contribution < 1.29 is 18.4 Å². The Bertz CT molecular complexity index is 1780. The molecule has 1 amide bonds. The first-order chi connectivity index (χ1) is 20.2. The summed E-state index contributed by atoms with van der Waals surface area (Å²) >= 11 is 6.84. The molecule has 6 rings (SSSR count). The summed E-state index contributed by atoms with van der Waals surface area (Å²) in [6, 6.07) is 12.2. The standard InChI is InChI=1S/C30H27ClFN7O3/c1-16-26(28(41)36-25-13-18(17(2)40)9-10-33-25)27(21-7-6-20(15-22(21)31)39-11-3-4-12-39)37-29(34-16)38-30-35-23-8-5-19(32)14-24(23)42-30/h5-10,13-15,27H,3-4,11-12H2,1-2H3,(H,33,36,41)(H2,34,35,37,38). The smallest absolute Gasteiger partial charge is 0.302 e. The van der Waals surface area contributed by atoms with E-state index in [0.29, 0.717) is 32.9 Å². The summed E-state index contributed by atoms with van der Waals surface area (Å²) in [7, 11) is 0. The number of oxazole rings is 1. The first kappa shape index (κ1) is 27.4. The number of hydrogen-bond acceptors (Lipinski definition) is 9. The molecule has 0 radical (unpaired) electrons. The molecular weight excluding hydrogens is 561 g/mol. The number of ketones is 1. The Balaban J connectivity index is 1.35. The number of amides is 1. The number of anilines is 3. The number of fused-ring (bicyclic) bond motifs is 1. The molecule has 0 spiro atoms. The first-order valence-electron chi connectivity index (χ1n) is 13.5. The van der Waals surface area contributed by atoms with E-state index in [-0.39, 0.29) is 29.2 Å². The zero-order chi connectivity index (χ0) is 29.4. The Morgan fingerprint density at radius 2 is 1.93 bits per heavy atom. The van der Waals surface area contributed by atoms with Gasteiger partial charge in [0.2, 0.25) is 5.96 Å². The summed E-state index contributed by atoms with van der Waals surface area (Å²) in [6.07, 6.45) is 3.71. The van der Waals surface area contributed by atoms with Gasteiger partial charge in [-0.25, -0.2) is 14.4 Å². The highest BCUT2D eigenvalue weighted by Crippen LogP contribution is 2.38. The Kier molecular flexibility index (Phi) is 7.34. The zero-order valence-electron chi connectivity index (χ0n) is 22.9. The van der Waals surface area contributed by atoms with Gasteiger partial charge in [0.1, 0.15) is 23.2 Å². The quantitative estimate of drug-likeness (QED) is 0.240. The van der Waals surface area contributed by atoms with Crippen LogP contribution in [0.2, 0.25) is 5.02 Å². The number of carbonyl (C=O) groups excluding carboxylic acids is 2. The van der Waals surface area contributed by atoms with Gasteiger partial charge in [-0.1, -0.05) is 17.7 Å². The van der Waals surface area contributed by atoms with E-state index < -0.39 is 17.8 Å². The van der Waals surface area contributed by atoms with Crippen molar-refractivity contribution in [2.45, 2.75) is 32.7 Å². The number of nitrogens with zero attached hydrogens (tertiary/aromatic N) is 4. The molecule has 42 heavy (non-hydrogen) atoms. The van der Waals surface area contributed by atoms with Gasteiger partial charge in [0.25, 0.3) is 5.91 Å². The lowest BCUT2D eigenvalue weighted by atomic mass is 9.95. The van der Waals surface area contributed by atoms with E-state index in [2.05, 4.69) is 30.8 Å². The van der Waals surface area contributed by atoms with Gasteiger partial charge in [-0.2, -0.15) is 4.98 Å². The van der Waals surface area contributed by atoms with Crippen molar-refractivity contribution in [2.75, 3.05) is 28.6 Å². The van der Waals surface area contributed by atoms with Crippen molar-refractivity contribution in [1.82, 2.24) is 15.3 Å². The van der Waals surface area contributed by atoms with Crippen molar-refractivity contribution in [1.29, 1.82) is 0 Å². The molecular formula is C30H27ClFN7O3. The number of hydrogen-bond donors (Lipinski definition) is 3. The van der Waals surface area contributed by atoms with Gasteiger partial charge in [0.15, 0.2) is 11.4 Å². The molecule has 1 fully saturated rings. The third-order valence-corrected chi connectivity index (χ3v) is 7.55. The molecule has 2 aliphatic heterocycles. The fraction of sp³-hybridized carbons (Fsp3) is 0.233. The second-order valence-corrected chi connectivity index (χ2v) is 10.5. The summed E-state index contributed by atoms with van der Waals surface area (Å²) in [4.78, 5) is 41.2. The van der Waals surface area contributed by atoms with Gasteiger partial charge in [-0.05, 0) is 63.1 Å². The number of Topliss-reactive ketones (excluding diaryl/α,β-unsaturated/α-hetero) is 1. The Morgan fingerprint density at radius 3 is 2.69 bits per heavy atom. The molecule has 214 valence electrons. The minimum atomic E-state index is -0.813. The third kappa shape index (κ3) is 5.55. The van der Waals surface area contributed by atoms with E-state index in [1.165, 1.54) is 37.4 Å². The van der Waals surface area contributed by atoms with Crippen LogP contribution in [-0.2, 0) is 4.79 Å². The number of carbonyl (C=O) groups is 2. The van der Waals surface area contributed by atoms with Gasteiger partial charge in [0, 0.05) is 52.9 Å². The molecule has 3 N–H and O–H groups in total. The third-order valence-electron chi connectivity index (χ3n) is 7.22. The zero-order valence-corrected chi connectivity index (χ0v) is 23.6. The van der Waals surface area contributed by atoms with Gasteiger partial charge in [-0.3, -0.25) is 14.9 Å². The highest BCUT2D eigenvalue weighted by molar-refractivity contribution is 6.32. The van der Waals surface area contributed by atoms with Crippen LogP contribution in [-0.4, -0.2) is 40.7 Å². The van der Waals surface area contributed by atoms with Crippen molar-refractivity contribution in [3.63, 3.8) is 0 Å². The number of rotatable bonds is 6. The number of benzene rings is 2. The van der Waals surface area contributed by atoms with Gasteiger partial charge in [0.05, 0.1) is 5.57 Å². The molecule has 0 aliphatic carbocycles. The second kappa shape index (κ2) is 11.2. The molecule has 2 aromatic carbocycles. The van der Waals surface area contributed by atoms with Crippen LogP contribution < -0.4 is 20.9 Å². The Morgan fingerprint density at radius 1 is 1.12 bits per heavy atom. The van der Waals surface area contributed by atoms with E-state index in [0.717, 1.165) is 31.6 Å². The normalized spacial score (nSPS) is 16.8. The molecule has 0 saturated carbocycles. The summed E-state index contributed by atoms with van der Waals surface area (Å²) in [5.41, 5.74) is 3.61. The fourth-order valence-electron chi connectivity index (χ4n) is 5.12. The van der Waals surface area contributed by atoms with Crippen molar-refractivity contribution >= 4 is 57.9 Å². The lowest BCUT2D eigenvalue weighted by Crippen LogP contribution is -2.37. The lowest BCUT2D eigenvalue weighted by Gasteiger charge is -2.27. The molecule has 12 heteroatoms. The average Bonchev–Trinajstić information content (AvgIpc) is 3.62. The summed E-state index contributed by atoms with van der Waals surface area (Å²) < 4.78 is 19.3. The summed E-state index contributed by atoms with van der Waals surface area (Å²) in [5.74, 6) is -0.555. The van der Waals surface area contributed by atoms with Crippen LogP contribution >= 0.6 is 11.6 Å². The number of halogens is 2. The monoisotopic (exact) mass is 587 g/mol. The van der Waals surface area contributed by atoms with E-state index >= 15 is 0 Å². The van der Waals surface area contributed by atoms with Gasteiger partial charge in [-0.15, -0.1) is 0 Å². The Hall–Kier alpha value is -4.77. The van der Waals surface area contributed by atoms with Crippen LogP contribution in [0.4, 0.5) is 21.9 Å². The van der Waals surface area contributed by atoms with E-state index in [1.807, 2.05) is 18.2 Å². The van der Waals surface area contributed by atoms with E-state index in [1.54, 1.807) is 13.0 Å². The first-order valence-corrected chi connectivity index (χ1v) is 13.8. The number of aliphatic imine (C=N–C) groups is 1. The highest BCUT2D eigenvalue weighted by atomic mass is 35.5. The Labute approximate surface area is 245 Å². The molecule has 4 heterocycles. The maximum absolute atomic E-state index is 13.7. The van der Waals surface area contributed by atoms with E-state index in [4.69, 9.17) is 21.0 Å². The van der Waals surface area contributed by atoms with Crippen LogP contribution in [0.25, 0.3) is 11.1 Å². The van der Waals surface area contributed by atoms with Crippen LogP contribution in [0.1, 0.15) is 48.7 Å². The van der Waals surface area contributed by atoms with Crippen molar-refractivity contribution in [3.05, 3.63) is 88.0 Å². The number of aromatic nitrogens is 2. The molecule has 0 bridgehead atoms. The van der Waals surface area contributed by atoms with E-state index in [9.17, 15) is 14.0 Å². The number of allylic oxidation sites excluding steroid dienone is 1. The predicted molar refractivity (Wildman–Crippen MR) is 159 cm³/mol. The van der Waals surface area contributed by atoms with Crippen LogP contribution in [0.5, 0.6) is 0 Å². The van der Waals surface area contributed by atoms with Crippen molar-refractivity contribution in [3.8, 4) is 0 Å². The van der Waals surface area contributed by atoms with Crippen LogP contribution in [0.15, 0.2) is 75.4 Å². The number of nitrogens with one attached hydrogen (secondary N) is 3. The average molecular weight is 588 g/mol. The topological polar surface area (TPSA) is 125 Å². The largest absolute Gasteiger partial charge is 0.423 e. The molecule has 2 aliphatic rings. The van der Waals surface area contributed by atoms with Gasteiger partial charge >= 0.3 is 6.01 Å². The van der Waals surface area contributed by atoms with Crippen molar-refractivity contribution in [2.24, 2.45) is 4.99 Å². The molecule has 1 atom stereocenters. The minimum Gasteiger partial charge on any atom is -0.423 e. The molecule has 10 nitrogen and oxygen atoms in total. The molecule has 1 saturated heterocycles. The van der Waals surface area contributed by atoms with Crippen LogP contribution in [0, 0.1) is 5.82 Å². The SMILES string of the molecule is CC(=O)c1ccnc(NC(=O)C2=C(C)NC(Nc3nc4ccc(F)cc4o3)=NC2c2ccc(N3CCCC3)cc2Cl)c1. The summed E-state index contributed by atoms with van der Waals surface area (Å²) in [5, 5.41) is 9.35.